The van der Waals surface area contributed by atoms with E-state index in [1.54, 1.807) is 0 Å². The van der Waals surface area contributed by atoms with E-state index in [2.05, 4.69) is 43.3 Å². The molecule has 0 fully saturated rings. The highest BCUT2D eigenvalue weighted by atomic mass is 16.3. The lowest BCUT2D eigenvalue weighted by molar-refractivity contribution is 0.673. The lowest BCUT2D eigenvalue weighted by atomic mass is 10.1. The molecule has 2 bridgehead atoms. The van der Waals surface area contributed by atoms with Gasteiger partial charge in [0.05, 0.1) is 0 Å². The van der Waals surface area contributed by atoms with Crippen LogP contribution in [0.25, 0.3) is 23.3 Å². The number of hydrogen-bond donors (Lipinski definition) is 0. The van der Waals surface area contributed by atoms with E-state index in [1.165, 1.54) is 16.7 Å². The third-order valence-electron chi connectivity index (χ3n) is 2.75. The first-order chi connectivity index (χ1) is 7.83. The highest BCUT2D eigenvalue weighted by molar-refractivity contribution is 5.84. The number of aryl methyl sites for hydroxylation is 1. The summed E-state index contributed by atoms with van der Waals surface area (Å²) < 4.78 is 5.58. The molecule has 0 amide bonds. The Labute approximate surface area is 94.3 Å². The molecule has 0 aliphatic heterocycles. The van der Waals surface area contributed by atoms with Crippen molar-refractivity contribution in [2.75, 3.05) is 0 Å². The minimum absolute atomic E-state index is 0.959. The molecule has 0 spiro atoms. The Morgan fingerprint density at radius 3 is 2.50 bits per heavy atom. The second-order valence-corrected chi connectivity index (χ2v) is 4.00. The van der Waals surface area contributed by atoms with Gasteiger partial charge in [0.1, 0.15) is 11.2 Å². The van der Waals surface area contributed by atoms with E-state index in [0.29, 0.717) is 0 Å². The van der Waals surface area contributed by atoms with Gasteiger partial charge in [0.2, 0.25) is 0 Å². The van der Waals surface area contributed by atoms with Crippen LogP contribution in [0.2, 0.25) is 0 Å². The largest absolute Gasteiger partial charge is 0.456 e. The van der Waals surface area contributed by atoms with Crippen LogP contribution in [0.15, 0.2) is 46.9 Å². The van der Waals surface area contributed by atoms with E-state index < -0.39 is 0 Å². The molecule has 1 nitrogen and oxygen atoms in total. The Morgan fingerprint density at radius 1 is 1.00 bits per heavy atom. The van der Waals surface area contributed by atoms with Crippen molar-refractivity contribution in [1.29, 1.82) is 0 Å². The summed E-state index contributed by atoms with van der Waals surface area (Å²) in [5.74, 6) is 0. The number of benzene rings is 2. The van der Waals surface area contributed by atoms with Crippen molar-refractivity contribution in [1.82, 2.24) is 0 Å². The van der Waals surface area contributed by atoms with Crippen molar-refractivity contribution >= 4 is 23.3 Å². The predicted octanol–water partition coefficient (Wildman–Crippen LogP) is 4.35. The summed E-state index contributed by atoms with van der Waals surface area (Å²) in [5.41, 5.74) is 5.55. The molecule has 0 saturated heterocycles. The molecule has 1 aromatic carbocycles. The minimum atomic E-state index is 0.959. The fraction of sp³-hybridized carbons (Fsp3) is 0.0667. The highest BCUT2D eigenvalue weighted by Gasteiger charge is 2.07. The fourth-order valence-electron chi connectivity index (χ4n) is 1.96. The van der Waals surface area contributed by atoms with Gasteiger partial charge in [-0.05, 0) is 30.2 Å². The molecule has 2 aromatic heterocycles. The molecule has 0 unspecified atom stereocenters. The first kappa shape index (κ1) is 9.22. The molecule has 0 aliphatic rings. The molecular formula is C15H12O. The molecule has 1 heteroatoms. The van der Waals surface area contributed by atoms with Crippen LogP contribution in [0.3, 0.4) is 0 Å². The lowest BCUT2D eigenvalue weighted by Crippen LogP contribution is -1.73. The molecule has 3 aromatic rings. The molecule has 2 heterocycles. The van der Waals surface area contributed by atoms with Gasteiger partial charge in [0, 0.05) is 5.56 Å². The number of rotatable bonds is 2. The normalized spacial score (nSPS) is 11.8. The fourth-order valence-corrected chi connectivity index (χ4v) is 1.96. The summed E-state index contributed by atoms with van der Waals surface area (Å²) >= 11 is 0. The van der Waals surface area contributed by atoms with Crippen molar-refractivity contribution in [3.8, 4) is 0 Å². The molecule has 0 aliphatic carbocycles. The van der Waals surface area contributed by atoms with Crippen LogP contribution >= 0.6 is 0 Å². The number of furan rings is 2. The van der Waals surface area contributed by atoms with E-state index in [1.807, 2.05) is 18.2 Å². The Bertz CT molecular complexity index is 617. The first-order valence-electron chi connectivity index (χ1n) is 5.38. The van der Waals surface area contributed by atoms with E-state index >= 15 is 0 Å². The van der Waals surface area contributed by atoms with Gasteiger partial charge in [-0.25, -0.2) is 0 Å². The Balaban J connectivity index is 1.95. The average Bonchev–Trinajstić information content (AvgIpc) is 2.86. The second-order valence-electron chi connectivity index (χ2n) is 4.00. The standard InChI is InChI=1S/C15H12O/c1-11-9-14-10-13(15(11)16-14)8-7-12-5-3-2-4-6-12/h2-10H,1H3. The lowest BCUT2D eigenvalue weighted by Gasteiger charge is -1.92. The van der Waals surface area contributed by atoms with Crippen LogP contribution in [0.5, 0.6) is 0 Å². The van der Waals surface area contributed by atoms with Crippen LogP contribution in [-0.4, -0.2) is 0 Å². The maximum atomic E-state index is 5.58. The molecule has 0 radical (unpaired) electrons. The predicted molar refractivity (Wildman–Crippen MR) is 67.5 cm³/mol. The van der Waals surface area contributed by atoms with Gasteiger partial charge in [-0.3, -0.25) is 0 Å². The van der Waals surface area contributed by atoms with Crippen molar-refractivity contribution < 1.29 is 4.42 Å². The SMILES string of the molecule is Cc1cc2cc(C=Cc3ccccc3)c1o2. The van der Waals surface area contributed by atoms with Crippen molar-refractivity contribution in [2.24, 2.45) is 0 Å². The topological polar surface area (TPSA) is 13.1 Å². The summed E-state index contributed by atoms with van der Waals surface area (Å²) in [7, 11) is 0. The summed E-state index contributed by atoms with van der Waals surface area (Å²) in [6.07, 6.45) is 4.21. The van der Waals surface area contributed by atoms with Gasteiger partial charge >= 0.3 is 0 Å². The summed E-state index contributed by atoms with van der Waals surface area (Å²) in [6, 6.07) is 14.4. The average molecular weight is 208 g/mol. The van der Waals surface area contributed by atoms with Crippen LogP contribution in [-0.2, 0) is 0 Å². The minimum Gasteiger partial charge on any atom is -0.456 e. The molecule has 0 atom stereocenters. The van der Waals surface area contributed by atoms with Crippen LogP contribution in [0.4, 0.5) is 0 Å². The molecule has 3 rings (SSSR count). The van der Waals surface area contributed by atoms with Crippen molar-refractivity contribution in [3.05, 3.63) is 59.2 Å². The maximum absolute atomic E-state index is 5.58. The van der Waals surface area contributed by atoms with Crippen molar-refractivity contribution in [3.63, 3.8) is 0 Å². The zero-order valence-electron chi connectivity index (χ0n) is 9.10. The van der Waals surface area contributed by atoms with Gasteiger partial charge in [0.15, 0.2) is 0 Å². The van der Waals surface area contributed by atoms with E-state index in [-0.39, 0.29) is 0 Å². The first-order valence-corrected chi connectivity index (χ1v) is 5.38. The summed E-state index contributed by atoms with van der Waals surface area (Å²) in [5, 5.41) is 0. The summed E-state index contributed by atoms with van der Waals surface area (Å²) in [4.78, 5) is 0. The molecule has 0 N–H and O–H groups in total. The van der Waals surface area contributed by atoms with Gasteiger partial charge in [0.25, 0.3) is 0 Å². The molecule has 16 heavy (non-hydrogen) atoms. The summed E-state index contributed by atoms with van der Waals surface area (Å²) in [6.45, 7) is 2.08. The number of fused-ring (bicyclic) bond motifs is 2. The molecule has 0 saturated carbocycles. The van der Waals surface area contributed by atoms with E-state index in [9.17, 15) is 0 Å². The van der Waals surface area contributed by atoms with Gasteiger partial charge < -0.3 is 4.42 Å². The van der Waals surface area contributed by atoms with E-state index in [0.717, 1.165) is 11.2 Å². The van der Waals surface area contributed by atoms with Crippen molar-refractivity contribution in [2.45, 2.75) is 6.92 Å². The van der Waals surface area contributed by atoms with Crippen LogP contribution < -0.4 is 0 Å². The van der Waals surface area contributed by atoms with Gasteiger partial charge in [-0.1, -0.05) is 42.5 Å². The van der Waals surface area contributed by atoms with Crippen LogP contribution in [0.1, 0.15) is 16.7 Å². The monoisotopic (exact) mass is 208 g/mol. The third kappa shape index (κ3) is 1.50. The maximum Gasteiger partial charge on any atom is 0.137 e. The zero-order valence-corrected chi connectivity index (χ0v) is 9.10. The Hall–Kier alpha value is -2.02. The van der Waals surface area contributed by atoms with Crippen LogP contribution in [0, 0.1) is 6.92 Å². The second kappa shape index (κ2) is 3.53. The Kier molecular flexibility index (Phi) is 2.03. The van der Waals surface area contributed by atoms with E-state index in [4.69, 9.17) is 4.42 Å². The zero-order chi connectivity index (χ0) is 11.0. The number of hydrogen-bond acceptors (Lipinski definition) is 1. The molecule has 78 valence electrons. The third-order valence-corrected chi connectivity index (χ3v) is 2.75. The quantitative estimate of drug-likeness (QED) is 0.570. The Morgan fingerprint density at radius 2 is 1.81 bits per heavy atom. The molecular weight excluding hydrogens is 196 g/mol. The highest BCUT2D eigenvalue weighted by Crippen LogP contribution is 2.27. The van der Waals surface area contributed by atoms with Gasteiger partial charge in [-0.2, -0.15) is 0 Å². The smallest absolute Gasteiger partial charge is 0.137 e. The van der Waals surface area contributed by atoms with Gasteiger partial charge in [-0.15, -0.1) is 0 Å².